The zero-order valence-electron chi connectivity index (χ0n) is 8.31. The van der Waals surface area contributed by atoms with Gasteiger partial charge in [-0.15, -0.1) is 0 Å². The summed E-state index contributed by atoms with van der Waals surface area (Å²) < 4.78 is 10.6. The van der Waals surface area contributed by atoms with Gasteiger partial charge < -0.3 is 14.6 Å². The number of aliphatic hydroxyl groups is 1. The molecule has 0 spiro atoms. The largest absolute Gasteiger partial charge is 0.469 e. The molecule has 0 aromatic carbocycles. The fourth-order valence-corrected chi connectivity index (χ4v) is 1.53. The molecule has 1 aromatic rings. The zero-order valence-corrected chi connectivity index (χ0v) is 9.07. The highest BCUT2D eigenvalue weighted by Crippen LogP contribution is 2.21. The van der Waals surface area contributed by atoms with Crippen molar-refractivity contribution in [2.75, 3.05) is 13.2 Å². The van der Waals surface area contributed by atoms with Crippen LogP contribution in [0.15, 0.2) is 12.1 Å². The lowest BCUT2D eigenvalue weighted by atomic mass is 10.2. The first-order chi connectivity index (χ1) is 7.16. The van der Waals surface area contributed by atoms with E-state index in [0.29, 0.717) is 24.2 Å². The SMILES string of the molecule is Cc1ccc(Cl)nc1OC1COCC1O. The average molecular weight is 230 g/mol. The molecule has 15 heavy (non-hydrogen) atoms. The van der Waals surface area contributed by atoms with Gasteiger partial charge in [-0.2, -0.15) is 0 Å². The number of aromatic nitrogens is 1. The Morgan fingerprint density at radius 1 is 1.53 bits per heavy atom. The fraction of sp³-hybridized carbons (Fsp3) is 0.500. The normalized spacial score (nSPS) is 25.5. The summed E-state index contributed by atoms with van der Waals surface area (Å²) in [6.07, 6.45) is -0.945. The Labute approximate surface area is 92.8 Å². The molecule has 0 bridgehead atoms. The predicted octanol–water partition coefficient (Wildman–Crippen LogP) is 1.18. The summed E-state index contributed by atoms with van der Waals surface area (Å²) in [5.41, 5.74) is 0.888. The summed E-state index contributed by atoms with van der Waals surface area (Å²) >= 11 is 5.75. The van der Waals surface area contributed by atoms with Crippen molar-refractivity contribution in [2.45, 2.75) is 19.1 Å². The molecule has 82 valence electrons. The van der Waals surface area contributed by atoms with Gasteiger partial charge in [-0.25, -0.2) is 4.98 Å². The Bertz CT molecular complexity index is 359. The first kappa shape index (κ1) is 10.7. The summed E-state index contributed by atoms with van der Waals surface area (Å²) in [6, 6.07) is 3.53. The van der Waals surface area contributed by atoms with Gasteiger partial charge >= 0.3 is 0 Å². The number of aryl methyl sites for hydroxylation is 1. The summed E-state index contributed by atoms with van der Waals surface area (Å²) in [7, 11) is 0. The van der Waals surface area contributed by atoms with Crippen molar-refractivity contribution in [1.29, 1.82) is 0 Å². The molecule has 2 rings (SSSR count). The third-order valence-electron chi connectivity index (χ3n) is 2.28. The summed E-state index contributed by atoms with van der Waals surface area (Å²) in [6.45, 7) is 2.57. The Hall–Kier alpha value is -0.840. The minimum absolute atomic E-state index is 0.310. The lowest BCUT2D eigenvalue weighted by molar-refractivity contribution is 0.0699. The van der Waals surface area contributed by atoms with Crippen LogP contribution in [0.2, 0.25) is 5.15 Å². The number of ether oxygens (including phenoxy) is 2. The molecule has 1 saturated heterocycles. The smallest absolute Gasteiger partial charge is 0.218 e. The highest BCUT2D eigenvalue weighted by atomic mass is 35.5. The standard InChI is InChI=1S/C10H12ClNO3/c1-6-2-3-9(11)12-10(6)15-8-5-14-4-7(8)13/h2-3,7-8,13H,4-5H2,1H3. The van der Waals surface area contributed by atoms with E-state index in [4.69, 9.17) is 21.1 Å². The highest BCUT2D eigenvalue weighted by molar-refractivity contribution is 6.29. The van der Waals surface area contributed by atoms with Crippen LogP contribution < -0.4 is 4.74 Å². The summed E-state index contributed by atoms with van der Waals surface area (Å²) in [4.78, 5) is 4.05. The first-order valence-corrected chi connectivity index (χ1v) is 5.10. The number of halogens is 1. The van der Waals surface area contributed by atoms with Crippen LogP contribution >= 0.6 is 11.6 Å². The maximum absolute atomic E-state index is 9.50. The van der Waals surface area contributed by atoms with Crippen LogP contribution in [0, 0.1) is 6.92 Å². The maximum Gasteiger partial charge on any atom is 0.218 e. The average Bonchev–Trinajstić information content (AvgIpc) is 2.58. The lowest BCUT2D eigenvalue weighted by Crippen LogP contribution is -2.30. The number of pyridine rings is 1. The molecule has 1 aliphatic rings. The van der Waals surface area contributed by atoms with Gasteiger partial charge in [-0.1, -0.05) is 17.7 Å². The van der Waals surface area contributed by atoms with Gasteiger partial charge in [0.15, 0.2) is 6.10 Å². The molecule has 1 fully saturated rings. The number of rotatable bonds is 2. The molecule has 0 radical (unpaired) electrons. The predicted molar refractivity (Wildman–Crippen MR) is 55.2 cm³/mol. The minimum atomic E-state index is -0.592. The molecule has 2 unspecified atom stereocenters. The fourth-order valence-electron chi connectivity index (χ4n) is 1.39. The Kier molecular flexibility index (Phi) is 3.09. The van der Waals surface area contributed by atoms with E-state index in [1.807, 2.05) is 13.0 Å². The molecule has 0 saturated carbocycles. The van der Waals surface area contributed by atoms with E-state index in [9.17, 15) is 5.11 Å². The van der Waals surface area contributed by atoms with Crippen molar-refractivity contribution in [3.8, 4) is 5.88 Å². The zero-order chi connectivity index (χ0) is 10.8. The Balaban J connectivity index is 2.12. The van der Waals surface area contributed by atoms with Gasteiger partial charge in [-0.3, -0.25) is 0 Å². The maximum atomic E-state index is 9.50. The topological polar surface area (TPSA) is 51.6 Å². The van der Waals surface area contributed by atoms with Crippen LogP contribution in [0.5, 0.6) is 5.88 Å². The number of nitrogens with zero attached hydrogens (tertiary/aromatic N) is 1. The van der Waals surface area contributed by atoms with Crippen LogP contribution in [0.25, 0.3) is 0 Å². The van der Waals surface area contributed by atoms with E-state index in [-0.39, 0.29) is 6.10 Å². The van der Waals surface area contributed by atoms with Crippen molar-refractivity contribution in [2.24, 2.45) is 0 Å². The van der Waals surface area contributed by atoms with E-state index in [0.717, 1.165) is 5.56 Å². The van der Waals surface area contributed by atoms with Gasteiger partial charge in [0.25, 0.3) is 0 Å². The van der Waals surface area contributed by atoms with Crippen molar-refractivity contribution < 1.29 is 14.6 Å². The third kappa shape index (κ3) is 2.40. The molecule has 1 N–H and O–H groups in total. The van der Waals surface area contributed by atoms with Crippen molar-refractivity contribution in [3.05, 3.63) is 22.8 Å². The van der Waals surface area contributed by atoms with E-state index in [1.54, 1.807) is 6.07 Å². The minimum Gasteiger partial charge on any atom is -0.469 e. The molecule has 4 nitrogen and oxygen atoms in total. The number of aliphatic hydroxyl groups excluding tert-OH is 1. The van der Waals surface area contributed by atoms with Gasteiger partial charge in [0, 0.05) is 5.56 Å². The molecular formula is C10H12ClNO3. The van der Waals surface area contributed by atoms with Crippen molar-refractivity contribution >= 4 is 11.6 Å². The molecule has 2 heterocycles. The number of hydrogen-bond donors (Lipinski definition) is 1. The van der Waals surface area contributed by atoms with Crippen LogP contribution in [0.1, 0.15) is 5.56 Å². The second-order valence-electron chi connectivity index (χ2n) is 3.52. The molecule has 1 aliphatic heterocycles. The van der Waals surface area contributed by atoms with Crippen LogP contribution in [0.4, 0.5) is 0 Å². The van der Waals surface area contributed by atoms with E-state index >= 15 is 0 Å². The van der Waals surface area contributed by atoms with Crippen molar-refractivity contribution in [3.63, 3.8) is 0 Å². The molecular weight excluding hydrogens is 218 g/mol. The van der Waals surface area contributed by atoms with Gasteiger partial charge in [-0.05, 0) is 13.0 Å². The highest BCUT2D eigenvalue weighted by Gasteiger charge is 2.28. The molecule has 1 aromatic heterocycles. The van der Waals surface area contributed by atoms with E-state index in [2.05, 4.69) is 4.98 Å². The van der Waals surface area contributed by atoms with Gasteiger partial charge in [0.05, 0.1) is 13.2 Å². The lowest BCUT2D eigenvalue weighted by Gasteiger charge is -2.15. The molecule has 0 amide bonds. The molecule has 5 heteroatoms. The summed E-state index contributed by atoms with van der Waals surface area (Å²) in [5, 5.41) is 9.88. The Morgan fingerprint density at radius 2 is 2.33 bits per heavy atom. The monoisotopic (exact) mass is 229 g/mol. The van der Waals surface area contributed by atoms with E-state index in [1.165, 1.54) is 0 Å². The second kappa shape index (κ2) is 4.35. The summed E-state index contributed by atoms with van der Waals surface area (Å²) in [5.74, 6) is 0.456. The number of hydrogen-bond acceptors (Lipinski definition) is 4. The third-order valence-corrected chi connectivity index (χ3v) is 2.49. The van der Waals surface area contributed by atoms with Gasteiger partial charge in [0.2, 0.25) is 5.88 Å². The van der Waals surface area contributed by atoms with E-state index < -0.39 is 6.10 Å². The van der Waals surface area contributed by atoms with Crippen LogP contribution in [-0.4, -0.2) is 35.5 Å². The van der Waals surface area contributed by atoms with Crippen LogP contribution in [-0.2, 0) is 4.74 Å². The second-order valence-corrected chi connectivity index (χ2v) is 3.90. The Morgan fingerprint density at radius 3 is 3.00 bits per heavy atom. The van der Waals surface area contributed by atoms with Gasteiger partial charge in [0.1, 0.15) is 11.3 Å². The van der Waals surface area contributed by atoms with Crippen LogP contribution in [0.3, 0.4) is 0 Å². The quantitative estimate of drug-likeness (QED) is 0.774. The van der Waals surface area contributed by atoms with Crippen molar-refractivity contribution in [1.82, 2.24) is 4.98 Å². The molecule has 0 aliphatic carbocycles. The first-order valence-electron chi connectivity index (χ1n) is 4.72. The molecule has 2 atom stereocenters.